The second-order valence-electron chi connectivity index (χ2n) is 19.4. The van der Waals surface area contributed by atoms with Gasteiger partial charge in [0.2, 0.25) is 0 Å². The number of carboxylic acid groups (broad SMARTS) is 1. The summed E-state index contributed by atoms with van der Waals surface area (Å²) in [7, 11) is -4.72. The van der Waals surface area contributed by atoms with Crippen LogP contribution >= 0.6 is 7.82 Å². The number of unbranched alkanes of at least 4 members (excludes halogenated alkanes) is 36. The summed E-state index contributed by atoms with van der Waals surface area (Å²) in [5.41, 5.74) is 5.36. The molecule has 0 saturated carbocycles. The summed E-state index contributed by atoms with van der Waals surface area (Å²) in [6.45, 7) is 2.85. The first-order valence-electron chi connectivity index (χ1n) is 28.4. The highest BCUT2D eigenvalue weighted by Gasteiger charge is 2.28. The van der Waals surface area contributed by atoms with Crippen LogP contribution in [0.5, 0.6) is 0 Å². The molecule has 0 saturated heterocycles. The minimum absolute atomic E-state index is 0.160. The molecule has 0 radical (unpaired) electrons. The third kappa shape index (κ3) is 50.4. The van der Waals surface area contributed by atoms with Crippen molar-refractivity contribution in [1.82, 2.24) is 0 Å². The smallest absolute Gasteiger partial charge is 0.472 e. The lowest BCUT2D eigenvalue weighted by molar-refractivity contribution is -0.161. The number of esters is 2. The van der Waals surface area contributed by atoms with Gasteiger partial charge in [0.15, 0.2) is 6.10 Å². The van der Waals surface area contributed by atoms with Crippen molar-refractivity contribution >= 4 is 25.7 Å². The van der Waals surface area contributed by atoms with Crippen molar-refractivity contribution in [1.29, 1.82) is 0 Å². The summed E-state index contributed by atoms with van der Waals surface area (Å²) >= 11 is 0. The number of phosphoric acid groups is 1. The van der Waals surface area contributed by atoms with E-state index in [4.69, 9.17) is 29.4 Å². The third-order valence-corrected chi connectivity index (χ3v) is 13.7. The molecule has 68 heavy (non-hydrogen) atoms. The molecule has 3 atom stereocenters. The van der Waals surface area contributed by atoms with Gasteiger partial charge in [-0.3, -0.25) is 23.4 Å². The molecule has 3 unspecified atom stereocenters. The Labute approximate surface area is 417 Å². The van der Waals surface area contributed by atoms with Gasteiger partial charge in [-0.1, -0.05) is 250 Å². The normalized spacial score (nSPS) is 13.6. The Kier molecular flexibility index (Phi) is 49.8. The van der Waals surface area contributed by atoms with Crippen LogP contribution in [-0.4, -0.2) is 59.9 Å². The molecule has 12 heteroatoms. The predicted molar refractivity (Wildman–Crippen MR) is 282 cm³/mol. The molecule has 0 bridgehead atoms. The van der Waals surface area contributed by atoms with E-state index in [9.17, 15) is 23.8 Å². The molecule has 0 aliphatic rings. The zero-order chi connectivity index (χ0) is 49.9. The number of carbonyl (C=O) groups is 3. The van der Waals surface area contributed by atoms with Crippen molar-refractivity contribution in [2.75, 3.05) is 19.8 Å². The van der Waals surface area contributed by atoms with Gasteiger partial charge in [-0.2, -0.15) is 0 Å². The maximum atomic E-state index is 12.7. The number of phosphoric ester groups is 1. The van der Waals surface area contributed by atoms with Crippen LogP contribution in [0.25, 0.3) is 0 Å². The van der Waals surface area contributed by atoms with E-state index in [1.165, 1.54) is 193 Å². The fraction of sp³-hybridized carbons (Fsp3) is 0.875. The lowest BCUT2D eigenvalue weighted by Crippen LogP contribution is -2.34. The van der Waals surface area contributed by atoms with Gasteiger partial charge in [-0.25, -0.2) is 4.57 Å². The van der Waals surface area contributed by atoms with E-state index >= 15 is 0 Å². The Morgan fingerprint density at radius 1 is 0.456 bits per heavy atom. The van der Waals surface area contributed by atoms with Gasteiger partial charge < -0.3 is 25.2 Å². The van der Waals surface area contributed by atoms with Crippen LogP contribution in [-0.2, 0) is 37.5 Å². The summed E-state index contributed by atoms with van der Waals surface area (Å²) in [6, 6.07) is -1.52. The van der Waals surface area contributed by atoms with Crippen molar-refractivity contribution in [3.63, 3.8) is 0 Å². The number of allylic oxidation sites excluding steroid dienone is 4. The molecule has 400 valence electrons. The Bertz CT molecular complexity index is 1250. The molecule has 4 N–H and O–H groups in total. The average Bonchev–Trinajstić information content (AvgIpc) is 3.32. The van der Waals surface area contributed by atoms with Crippen LogP contribution in [0.2, 0.25) is 0 Å². The quantitative estimate of drug-likeness (QED) is 0.0229. The largest absolute Gasteiger partial charge is 0.480 e. The maximum absolute atomic E-state index is 12.7. The molecule has 0 rings (SSSR count). The number of hydrogen-bond donors (Lipinski definition) is 3. The van der Waals surface area contributed by atoms with Gasteiger partial charge >= 0.3 is 25.7 Å². The Morgan fingerprint density at radius 2 is 0.779 bits per heavy atom. The predicted octanol–water partition coefficient (Wildman–Crippen LogP) is 16.5. The van der Waals surface area contributed by atoms with Crippen molar-refractivity contribution in [3.8, 4) is 0 Å². The highest BCUT2D eigenvalue weighted by Crippen LogP contribution is 2.43. The van der Waals surface area contributed by atoms with E-state index in [2.05, 4.69) is 38.2 Å². The molecule has 11 nitrogen and oxygen atoms in total. The fourth-order valence-electron chi connectivity index (χ4n) is 8.28. The first-order chi connectivity index (χ1) is 33.1. The lowest BCUT2D eigenvalue weighted by Gasteiger charge is -2.20. The number of ether oxygens (including phenoxy) is 2. The number of hydrogen-bond acceptors (Lipinski definition) is 9. The Morgan fingerprint density at radius 3 is 1.15 bits per heavy atom. The zero-order valence-corrected chi connectivity index (χ0v) is 44.9. The molecule has 0 aromatic carbocycles. The molecule has 0 amide bonds. The second-order valence-corrected chi connectivity index (χ2v) is 20.9. The number of carboxylic acids is 1. The van der Waals surface area contributed by atoms with Crippen LogP contribution in [0, 0.1) is 0 Å². The summed E-state index contributed by atoms with van der Waals surface area (Å²) in [6.07, 6.45) is 58.2. The van der Waals surface area contributed by atoms with Crippen molar-refractivity contribution in [2.24, 2.45) is 5.73 Å². The zero-order valence-electron chi connectivity index (χ0n) is 44.0. The van der Waals surface area contributed by atoms with E-state index in [0.29, 0.717) is 12.8 Å². The summed E-state index contributed by atoms with van der Waals surface area (Å²) in [5.74, 6) is -2.36. The molecule has 0 aromatic rings. The molecular formula is C56H106NO10P. The van der Waals surface area contributed by atoms with Gasteiger partial charge in [0.1, 0.15) is 12.6 Å². The molecule has 0 aliphatic heterocycles. The first kappa shape index (κ1) is 66.0. The maximum Gasteiger partial charge on any atom is 0.472 e. The van der Waals surface area contributed by atoms with Crippen LogP contribution in [0.3, 0.4) is 0 Å². The summed E-state index contributed by atoms with van der Waals surface area (Å²) < 4.78 is 32.9. The van der Waals surface area contributed by atoms with Crippen LogP contribution in [0.4, 0.5) is 0 Å². The number of rotatable bonds is 54. The van der Waals surface area contributed by atoms with E-state index in [1.54, 1.807) is 0 Å². The molecular weight excluding hydrogens is 878 g/mol. The molecule has 0 heterocycles. The van der Waals surface area contributed by atoms with Gasteiger partial charge in [0, 0.05) is 12.8 Å². The minimum Gasteiger partial charge on any atom is -0.480 e. The van der Waals surface area contributed by atoms with E-state index in [1.807, 2.05) is 0 Å². The van der Waals surface area contributed by atoms with Gasteiger partial charge in [0.25, 0.3) is 0 Å². The Balaban J connectivity index is 4.15. The number of nitrogens with two attached hydrogens (primary N) is 1. The SMILES string of the molecule is CCCCCCC/C=C\C/C=C\CCCCCCCCCCCC(=O)OC(COC(=O)CCCCCCCCCCCCCCCCCCCCCCCCC)COP(=O)(O)OCC(N)C(=O)O. The highest BCUT2D eigenvalue weighted by atomic mass is 31.2. The lowest BCUT2D eigenvalue weighted by atomic mass is 10.0. The minimum atomic E-state index is -4.72. The van der Waals surface area contributed by atoms with Gasteiger partial charge in [-0.05, 0) is 44.9 Å². The topological polar surface area (TPSA) is 172 Å². The highest BCUT2D eigenvalue weighted by molar-refractivity contribution is 7.47. The first-order valence-corrected chi connectivity index (χ1v) is 29.9. The van der Waals surface area contributed by atoms with E-state index in [-0.39, 0.29) is 19.4 Å². The number of aliphatic carboxylic acids is 1. The monoisotopic (exact) mass is 984 g/mol. The standard InChI is InChI=1S/C56H106NO10P/c1-3-5-7-9-11-13-15-17-19-21-23-25-26-28-29-31-33-35-37-39-41-43-45-47-54(58)64-49-52(50-65-68(62,63)66-51-53(57)56(60)61)67-55(59)48-46-44-42-40-38-36-34-32-30-27-24-22-20-18-16-14-12-10-8-6-4-2/h16,18,22,24,52-53H,3-15,17,19-21,23,25-51,57H2,1-2H3,(H,60,61)(H,62,63)/b18-16-,24-22-. The van der Waals surface area contributed by atoms with Crippen molar-refractivity contribution in [2.45, 2.75) is 296 Å². The third-order valence-electron chi connectivity index (χ3n) is 12.7. The molecule has 0 spiro atoms. The molecule has 0 aliphatic carbocycles. The van der Waals surface area contributed by atoms with Crippen LogP contribution in [0.1, 0.15) is 284 Å². The second kappa shape index (κ2) is 51.3. The van der Waals surface area contributed by atoms with Gasteiger partial charge in [-0.15, -0.1) is 0 Å². The van der Waals surface area contributed by atoms with E-state index < -0.39 is 51.1 Å². The Hall–Kier alpha value is -2.04. The number of carbonyl (C=O) groups excluding carboxylic acids is 2. The molecule has 0 aromatic heterocycles. The fourth-order valence-corrected chi connectivity index (χ4v) is 9.05. The summed E-state index contributed by atoms with van der Waals surface area (Å²) in [4.78, 5) is 46.3. The molecule has 0 fully saturated rings. The van der Waals surface area contributed by atoms with Crippen LogP contribution in [0.15, 0.2) is 24.3 Å². The van der Waals surface area contributed by atoms with Crippen LogP contribution < -0.4 is 5.73 Å². The summed E-state index contributed by atoms with van der Waals surface area (Å²) in [5, 5.41) is 8.94. The van der Waals surface area contributed by atoms with Crippen molar-refractivity contribution < 1.29 is 47.5 Å². The van der Waals surface area contributed by atoms with Crippen molar-refractivity contribution in [3.05, 3.63) is 24.3 Å². The van der Waals surface area contributed by atoms with E-state index in [0.717, 1.165) is 51.4 Å². The van der Waals surface area contributed by atoms with Gasteiger partial charge in [0.05, 0.1) is 13.2 Å². The average molecular weight is 984 g/mol.